The Morgan fingerprint density at radius 2 is 1.87 bits per heavy atom. The Labute approximate surface area is 185 Å². The summed E-state index contributed by atoms with van der Waals surface area (Å²) in [6.07, 6.45) is 0.865. The zero-order chi connectivity index (χ0) is 21.5. The van der Waals surface area contributed by atoms with E-state index in [1.165, 1.54) is 0 Å². The normalized spacial score (nSPS) is 13.4. The van der Waals surface area contributed by atoms with Gasteiger partial charge in [-0.2, -0.15) is 0 Å². The number of carbonyl (C=O) groups is 2. The van der Waals surface area contributed by atoms with Crippen LogP contribution in [0.2, 0.25) is 0 Å². The fraction of sp³-hybridized carbons (Fsp3) is 0.391. The van der Waals surface area contributed by atoms with Gasteiger partial charge in [0.1, 0.15) is 19.3 Å². The SMILES string of the molecule is CCNC(=O)[C@H](C)N(Cc1cccc(Br)c1)C(=O)CCc1ccc2c(c1)OCCO2. The summed E-state index contributed by atoms with van der Waals surface area (Å²) in [6, 6.07) is 13.0. The van der Waals surface area contributed by atoms with Crippen molar-refractivity contribution >= 4 is 27.7 Å². The number of ether oxygens (including phenoxy) is 2. The molecule has 2 amide bonds. The lowest BCUT2D eigenvalue weighted by molar-refractivity contribution is -0.140. The number of rotatable bonds is 8. The van der Waals surface area contributed by atoms with Crippen LogP contribution in [0.3, 0.4) is 0 Å². The summed E-state index contributed by atoms with van der Waals surface area (Å²) >= 11 is 3.47. The molecule has 30 heavy (non-hydrogen) atoms. The van der Waals surface area contributed by atoms with Crippen LogP contribution >= 0.6 is 15.9 Å². The Morgan fingerprint density at radius 1 is 1.10 bits per heavy atom. The van der Waals surface area contributed by atoms with E-state index in [0.29, 0.717) is 44.9 Å². The highest BCUT2D eigenvalue weighted by Crippen LogP contribution is 2.31. The number of benzene rings is 2. The van der Waals surface area contributed by atoms with Crippen LogP contribution in [-0.4, -0.2) is 42.5 Å². The van der Waals surface area contributed by atoms with E-state index in [2.05, 4.69) is 21.2 Å². The minimum Gasteiger partial charge on any atom is -0.486 e. The van der Waals surface area contributed by atoms with Gasteiger partial charge in [0.05, 0.1) is 0 Å². The first-order chi connectivity index (χ1) is 14.5. The van der Waals surface area contributed by atoms with Crippen LogP contribution in [0.15, 0.2) is 46.9 Å². The topological polar surface area (TPSA) is 67.9 Å². The third-order valence-corrected chi connectivity index (χ3v) is 5.49. The molecule has 0 radical (unpaired) electrons. The molecule has 7 heteroatoms. The Balaban J connectivity index is 1.71. The quantitative estimate of drug-likeness (QED) is 0.633. The molecule has 1 aliphatic rings. The second-order valence-corrected chi connectivity index (χ2v) is 8.12. The summed E-state index contributed by atoms with van der Waals surface area (Å²) < 4.78 is 12.1. The van der Waals surface area contributed by atoms with Crippen molar-refractivity contribution in [1.29, 1.82) is 0 Å². The Bertz CT molecular complexity index is 903. The second-order valence-electron chi connectivity index (χ2n) is 7.20. The third-order valence-electron chi connectivity index (χ3n) is 4.99. The summed E-state index contributed by atoms with van der Waals surface area (Å²) in [5, 5.41) is 2.81. The highest BCUT2D eigenvalue weighted by atomic mass is 79.9. The lowest BCUT2D eigenvalue weighted by Gasteiger charge is -2.29. The standard InChI is InChI=1S/C23H27BrN2O4/c1-3-25-23(28)16(2)26(15-18-5-4-6-19(24)13-18)22(27)10-8-17-7-9-20-21(14-17)30-12-11-29-20/h4-7,9,13-14,16H,3,8,10-12,15H2,1-2H3,(H,25,28)/t16-/m0/s1. The first-order valence-electron chi connectivity index (χ1n) is 10.2. The van der Waals surface area contributed by atoms with Gasteiger partial charge in [0.15, 0.2) is 11.5 Å². The number of hydrogen-bond donors (Lipinski definition) is 1. The average molecular weight is 475 g/mol. The molecule has 0 bridgehead atoms. The van der Waals surface area contributed by atoms with Gasteiger partial charge in [0, 0.05) is 24.0 Å². The number of hydrogen-bond acceptors (Lipinski definition) is 4. The van der Waals surface area contributed by atoms with Crippen LogP contribution in [-0.2, 0) is 22.6 Å². The molecule has 0 fully saturated rings. The van der Waals surface area contributed by atoms with E-state index in [9.17, 15) is 9.59 Å². The lowest BCUT2D eigenvalue weighted by Crippen LogP contribution is -2.47. The molecule has 1 atom stereocenters. The number of halogens is 1. The predicted octanol–water partition coefficient (Wildman–Crippen LogP) is 3.71. The van der Waals surface area contributed by atoms with Crippen LogP contribution < -0.4 is 14.8 Å². The number of amides is 2. The highest BCUT2D eigenvalue weighted by molar-refractivity contribution is 9.10. The Hall–Kier alpha value is -2.54. The number of fused-ring (bicyclic) bond motifs is 1. The van der Waals surface area contributed by atoms with E-state index in [0.717, 1.165) is 21.3 Å². The largest absolute Gasteiger partial charge is 0.486 e. The van der Waals surface area contributed by atoms with E-state index >= 15 is 0 Å². The van der Waals surface area contributed by atoms with Gasteiger partial charge >= 0.3 is 0 Å². The number of likely N-dealkylation sites (N-methyl/N-ethyl adjacent to an activating group) is 1. The van der Waals surface area contributed by atoms with Gasteiger partial charge in [-0.25, -0.2) is 0 Å². The van der Waals surface area contributed by atoms with E-state index in [-0.39, 0.29) is 11.8 Å². The van der Waals surface area contributed by atoms with Gasteiger partial charge in [0.2, 0.25) is 11.8 Å². The Morgan fingerprint density at radius 3 is 2.60 bits per heavy atom. The van der Waals surface area contributed by atoms with Gasteiger partial charge < -0.3 is 19.7 Å². The molecular weight excluding hydrogens is 448 g/mol. The zero-order valence-electron chi connectivity index (χ0n) is 17.3. The molecule has 1 N–H and O–H groups in total. The minimum atomic E-state index is -0.559. The van der Waals surface area contributed by atoms with E-state index in [1.54, 1.807) is 11.8 Å². The van der Waals surface area contributed by atoms with Gasteiger partial charge in [-0.3, -0.25) is 9.59 Å². The monoisotopic (exact) mass is 474 g/mol. The first kappa shape index (κ1) is 22.2. The summed E-state index contributed by atoms with van der Waals surface area (Å²) in [5.74, 6) is 1.23. The van der Waals surface area contributed by atoms with Crippen molar-refractivity contribution in [3.8, 4) is 11.5 Å². The van der Waals surface area contributed by atoms with Gasteiger partial charge in [-0.15, -0.1) is 0 Å². The average Bonchev–Trinajstić information content (AvgIpc) is 2.75. The summed E-state index contributed by atoms with van der Waals surface area (Å²) in [6.45, 7) is 5.61. The van der Waals surface area contributed by atoms with Crippen LogP contribution in [0.1, 0.15) is 31.4 Å². The van der Waals surface area contributed by atoms with Gasteiger partial charge in [-0.1, -0.05) is 34.1 Å². The van der Waals surface area contributed by atoms with Crippen molar-refractivity contribution in [3.05, 3.63) is 58.1 Å². The lowest BCUT2D eigenvalue weighted by atomic mass is 10.1. The smallest absolute Gasteiger partial charge is 0.242 e. The van der Waals surface area contributed by atoms with Crippen molar-refractivity contribution in [3.63, 3.8) is 0 Å². The van der Waals surface area contributed by atoms with Crippen molar-refractivity contribution in [2.75, 3.05) is 19.8 Å². The second kappa shape index (κ2) is 10.5. The highest BCUT2D eigenvalue weighted by Gasteiger charge is 2.25. The summed E-state index contributed by atoms with van der Waals surface area (Å²) in [5.41, 5.74) is 1.97. The minimum absolute atomic E-state index is 0.0661. The Kier molecular flexibility index (Phi) is 7.74. The van der Waals surface area contributed by atoms with E-state index < -0.39 is 6.04 Å². The molecule has 160 valence electrons. The summed E-state index contributed by atoms with van der Waals surface area (Å²) in [7, 11) is 0. The zero-order valence-corrected chi connectivity index (χ0v) is 18.9. The van der Waals surface area contributed by atoms with Crippen LogP contribution in [0.5, 0.6) is 11.5 Å². The summed E-state index contributed by atoms with van der Waals surface area (Å²) in [4.78, 5) is 27.2. The number of aryl methyl sites for hydroxylation is 1. The molecule has 3 rings (SSSR count). The number of nitrogens with zero attached hydrogens (tertiary/aromatic N) is 1. The van der Waals surface area contributed by atoms with Crippen LogP contribution in [0.4, 0.5) is 0 Å². The molecule has 0 aliphatic carbocycles. The molecule has 0 spiro atoms. The van der Waals surface area contributed by atoms with Gasteiger partial charge in [0.25, 0.3) is 0 Å². The molecule has 2 aromatic carbocycles. The molecule has 0 aromatic heterocycles. The maximum Gasteiger partial charge on any atom is 0.242 e. The molecule has 0 saturated heterocycles. The maximum atomic E-state index is 13.1. The predicted molar refractivity (Wildman–Crippen MR) is 119 cm³/mol. The van der Waals surface area contributed by atoms with E-state index in [1.807, 2.05) is 49.4 Å². The molecule has 1 aliphatic heterocycles. The van der Waals surface area contributed by atoms with E-state index in [4.69, 9.17) is 9.47 Å². The van der Waals surface area contributed by atoms with Crippen molar-refractivity contribution in [2.24, 2.45) is 0 Å². The third kappa shape index (κ3) is 5.75. The number of nitrogens with one attached hydrogen (secondary N) is 1. The van der Waals surface area contributed by atoms with Gasteiger partial charge in [-0.05, 0) is 55.7 Å². The van der Waals surface area contributed by atoms with Crippen molar-refractivity contribution in [1.82, 2.24) is 10.2 Å². The molecule has 2 aromatic rings. The molecule has 0 unspecified atom stereocenters. The number of carbonyl (C=O) groups excluding carboxylic acids is 2. The fourth-order valence-corrected chi connectivity index (χ4v) is 3.82. The van der Waals surface area contributed by atoms with Crippen LogP contribution in [0, 0.1) is 0 Å². The van der Waals surface area contributed by atoms with Crippen LogP contribution in [0.25, 0.3) is 0 Å². The maximum absolute atomic E-state index is 13.1. The molecule has 1 heterocycles. The van der Waals surface area contributed by atoms with Crippen molar-refractivity contribution in [2.45, 2.75) is 39.3 Å². The van der Waals surface area contributed by atoms with Crippen molar-refractivity contribution < 1.29 is 19.1 Å². The molecule has 6 nitrogen and oxygen atoms in total. The first-order valence-corrected chi connectivity index (χ1v) is 11.0. The fourth-order valence-electron chi connectivity index (χ4n) is 3.37. The molecule has 0 saturated carbocycles. The molecular formula is C23H27BrN2O4.